The van der Waals surface area contributed by atoms with Crippen LogP contribution in [0.3, 0.4) is 0 Å². The van der Waals surface area contributed by atoms with E-state index >= 15 is 0 Å². The molecule has 1 rings (SSSR count). The summed E-state index contributed by atoms with van der Waals surface area (Å²) in [4.78, 5) is 21.3. The molecular formula is C10H17NO3. The van der Waals surface area contributed by atoms with Gasteiger partial charge in [0.25, 0.3) is 0 Å². The Labute approximate surface area is 83.8 Å². The van der Waals surface area contributed by atoms with Gasteiger partial charge in [-0.05, 0) is 25.7 Å². The van der Waals surface area contributed by atoms with E-state index in [1.165, 1.54) is 13.3 Å². The number of carbonyl (C=O) groups excluding carboxylic acids is 1. The van der Waals surface area contributed by atoms with Crippen molar-refractivity contribution in [1.82, 2.24) is 0 Å². The summed E-state index contributed by atoms with van der Waals surface area (Å²) in [7, 11) is 0. The summed E-state index contributed by atoms with van der Waals surface area (Å²) in [5.41, 5.74) is 0. The Morgan fingerprint density at radius 2 is 2.00 bits per heavy atom. The Bertz CT molecular complexity index is 221. The van der Waals surface area contributed by atoms with Crippen LogP contribution < -0.4 is 0 Å². The minimum atomic E-state index is -0.360. The molecule has 1 fully saturated rings. The van der Waals surface area contributed by atoms with E-state index in [1.807, 2.05) is 0 Å². The van der Waals surface area contributed by atoms with Crippen molar-refractivity contribution in [2.24, 2.45) is 11.8 Å². The monoisotopic (exact) mass is 199 g/mol. The standard InChI is InChI=1S/C10H17NO3/c1-8(12)10(7-11(13)14)9-5-3-2-4-6-9/h9-10H,2-7H2,1H3/t10-/m0/s1. The number of hydrogen-bond donors (Lipinski definition) is 0. The molecule has 1 aliphatic rings. The zero-order chi connectivity index (χ0) is 10.6. The zero-order valence-electron chi connectivity index (χ0n) is 8.57. The lowest BCUT2D eigenvalue weighted by molar-refractivity contribution is -0.487. The largest absolute Gasteiger partial charge is 0.299 e. The third kappa shape index (κ3) is 3.09. The summed E-state index contributed by atoms with van der Waals surface area (Å²) < 4.78 is 0. The number of carbonyl (C=O) groups is 1. The Morgan fingerprint density at radius 3 is 2.43 bits per heavy atom. The molecule has 0 radical (unpaired) electrons. The van der Waals surface area contributed by atoms with Crippen LogP contribution in [-0.2, 0) is 4.79 Å². The predicted molar refractivity (Wildman–Crippen MR) is 52.6 cm³/mol. The Balaban J connectivity index is 2.56. The SMILES string of the molecule is CC(=O)[C@H](C[N+](=O)[O-])C1CCCCC1. The lowest BCUT2D eigenvalue weighted by Crippen LogP contribution is -2.30. The fourth-order valence-electron chi connectivity index (χ4n) is 2.31. The van der Waals surface area contributed by atoms with Gasteiger partial charge in [-0.25, -0.2) is 0 Å². The molecule has 0 saturated heterocycles. The molecule has 0 aromatic carbocycles. The van der Waals surface area contributed by atoms with Crippen LogP contribution in [0.1, 0.15) is 39.0 Å². The second kappa shape index (κ2) is 5.08. The second-order valence-corrected chi connectivity index (χ2v) is 4.13. The summed E-state index contributed by atoms with van der Waals surface area (Å²) in [6, 6.07) is 0. The van der Waals surface area contributed by atoms with Crippen LogP contribution in [0, 0.1) is 22.0 Å². The van der Waals surface area contributed by atoms with Crippen molar-refractivity contribution >= 4 is 5.78 Å². The molecule has 0 heterocycles. The molecule has 14 heavy (non-hydrogen) atoms. The molecule has 4 heteroatoms. The average Bonchev–Trinajstić information content (AvgIpc) is 2.15. The molecule has 0 N–H and O–H groups in total. The number of Topliss-reactive ketones (excluding diaryl/α,β-unsaturated/α-hetero) is 1. The summed E-state index contributed by atoms with van der Waals surface area (Å²) >= 11 is 0. The molecule has 0 unspecified atom stereocenters. The number of nitro groups is 1. The van der Waals surface area contributed by atoms with Crippen molar-refractivity contribution in [2.75, 3.05) is 6.54 Å². The molecule has 1 saturated carbocycles. The van der Waals surface area contributed by atoms with Gasteiger partial charge in [0.05, 0.1) is 5.92 Å². The van der Waals surface area contributed by atoms with Gasteiger partial charge < -0.3 is 0 Å². The third-order valence-corrected chi connectivity index (χ3v) is 3.09. The van der Waals surface area contributed by atoms with Crippen molar-refractivity contribution in [3.05, 3.63) is 10.1 Å². The van der Waals surface area contributed by atoms with Gasteiger partial charge in [0.1, 0.15) is 5.78 Å². The molecule has 0 amide bonds. The fraction of sp³-hybridized carbons (Fsp3) is 0.900. The van der Waals surface area contributed by atoms with Gasteiger partial charge in [-0.1, -0.05) is 19.3 Å². The van der Waals surface area contributed by atoms with E-state index in [-0.39, 0.29) is 29.1 Å². The maximum atomic E-state index is 11.3. The number of rotatable bonds is 4. The highest BCUT2D eigenvalue weighted by Crippen LogP contribution is 2.30. The van der Waals surface area contributed by atoms with E-state index in [1.54, 1.807) is 0 Å². The number of hydrogen-bond acceptors (Lipinski definition) is 3. The van der Waals surface area contributed by atoms with E-state index in [9.17, 15) is 14.9 Å². The fourth-order valence-corrected chi connectivity index (χ4v) is 2.31. The first kappa shape index (κ1) is 11.1. The van der Waals surface area contributed by atoms with Crippen LogP contribution in [0.5, 0.6) is 0 Å². The van der Waals surface area contributed by atoms with Crippen LogP contribution in [0.25, 0.3) is 0 Å². The van der Waals surface area contributed by atoms with E-state index in [0.717, 1.165) is 25.7 Å². The Kier molecular flexibility index (Phi) is 4.04. The Hall–Kier alpha value is -0.930. The first-order chi connectivity index (χ1) is 6.61. The molecule has 4 nitrogen and oxygen atoms in total. The summed E-state index contributed by atoms with van der Waals surface area (Å²) in [6.45, 7) is 1.29. The van der Waals surface area contributed by atoms with E-state index < -0.39 is 0 Å². The van der Waals surface area contributed by atoms with E-state index in [0.29, 0.717) is 0 Å². The van der Waals surface area contributed by atoms with E-state index in [2.05, 4.69) is 0 Å². The average molecular weight is 199 g/mol. The van der Waals surface area contributed by atoms with Gasteiger partial charge in [0.2, 0.25) is 6.54 Å². The first-order valence-corrected chi connectivity index (χ1v) is 5.23. The van der Waals surface area contributed by atoms with Crippen LogP contribution in [0.15, 0.2) is 0 Å². The van der Waals surface area contributed by atoms with Crippen molar-refractivity contribution in [2.45, 2.75) is 39.0 Å². The molecule has 0 bridgehead atoms. The lowest BCUT2D eigenvalue weighted by atomic mass is 9.78. The van der Waals surface area contributed by atoms with Gasteiger partial charge in [0, 0.05) is 4.92 Å². The maximum absolute atomic E-state index is 11.3. The molecule has 80 valence electrons. The Morgan fingerprint density at radius 1 is 1.43 bits per heavy atom. The normalized spacial score (nSPS) is 20.4. The summed E-state index contributed by atoms with van der Waals surface area (Å²) in [5.74, 6) is -0.106. The maximum Gasteiger partial charge on any atom is 0.213 e. The van der Waals surface area contributed by atoms with Gasteiger partial charge in [0.15, 0.2) is 0 Å². The molecule has 0 aromatic heterocycles. The zero-order valence-corrected chi connectivity index (χ0v) is 8.57. The van der Waals surface area contributed by atoms with Crippen LogP contribution >= 0.6 is 0 Å². The van der Waals surface area contributed by atoms with Crippen molar-refractivity contribution in [1.29, 1.82) is 0 Å². The summed E-state index contributed by atoms with van der Waals surface area (Å²) in [5, 5.41) is 10.4. The quantitative estimate of drug-likeness (QED) is 0.514. The predicted octanol–water partition coefficient (Wildman–Crippen LogP) is 2.05. The highest BCUT2D eigenvalue weighted by Gasteiger charge is 2.30. The minimum Gasteiger partial charge on any atom is -0.299 e. The van der Waals surface area contributed by atoms with Gasteiger partial charge in [-0.3, -0.25) is 14.9 Å². The third-order valence-electron chi connectivity index (χ3n) is 3.09. The van der Waals surface area contributed by atoms with Crippen molar-refractivity contribution in [3.63, 3.8) is 0 Å². The number of ketones is 1. The molecule has 0 aromatic rings. The van der Waals surface area contributed by atoms with Gasteiger partial charge in [-0.2, -0.15) is 0 Å². The highest BCUT2D eigenvalue weighted by molar-refractivity contribution is 5.78. The molecule has 0 spiro atoms. The molecule has 1 atom stereocenters. The van der Waals surface area contributed by atoms with E-state index in [4.69, 9.17) is 0 Å². The molecule has 0 aliphatic heterocycles. The topological polar surface area (TPSA) is 60.2 Å². The van der Waals surface area contributed by atoms with Gasteiger partial charge in [-0.15, -0.1) is 0 Å². The van der Waals surface area contributed by atoms with Gasteiger partial charge >= 0.3 is 0 Å². The summed E-state index contributed by atoms with van der Waals surface area (Å²) in [6.07, 6.45) is 5.41. The number of nitrogens with zero attached hydrogens (tertiary/aromatic N) is 1. The van der Waals surface area contributed by atoms with Crippen LogP contribution in [0.2, 0.25) is 0 Å². The van der Waals surface area contributed by atoms with Crippen LogP contribution in [-0.4, -0.2) is 17.3 Å². The van der Waals surface area contributed by atoms with Crippen molar-refractivity contribution in [3.8, 4) is 0 Å². The van der Waals surface area contributed by atoms with Crippen LogP contribution in [0.4, 0.5) is 0 Å². The lowest BCUT2D eigenvalue weighted by Gasteiger charge is -2.25. The smallest absolute Gasteiger partial charge is 0.213 e. The second-order valence-electron chi connectivity index (χ2n) is 4.13. The first-order valence-electron chi connectivity index (χ1n) is 5.23. The molecule has 1 aliphatic carbocycles. The highest BCUT2D eigenvalue weighted by atomic mass is 16.6. The van der Waals surface area contributed by atoms with Crippen molar-refractivity contribution < 1.29 is 9.72 Å². The molecular weight excluding hydrogens is 182 g/mol. The minimum absolute atomic E-state index is 0.0198.